The third kappa shape index (κ3) is 4.13. The number of nitrogens with one attached hydrogen (secondary N) is 1. The molecule has 0 saturated carbocycles. The van der Waals surface area contributed by atoms with Gasteiger partial charge in [-0.3, -0.25) is 0 Å². The lowest BCUT2D eigenvalue weighted by molar-refractivity contribution is 0.391. The number of hydrogen-bond acceptors (Lipinski definition) is 3. The number of rotatable bonds is 4. The molecular formula is C10H15BrFN3. The van der Waals surface area contributed by atoms with Crippen LogP contribution in [0.4, 0.5) is 10.2 Å². The number of likely N-dealkylation sites (N-methyl/N-ethyl adjacent to an activating group) is 1. The van der Waals surface area contributed by atoms with Crippen molar-refractivity contribution in [1.82, 2.24) is 9.88 Å². The Morgan fingerprint density at radius 1 is 1.60 bits per heavy atom. The molecular weight excluding hydrogens is 261 g/mol. The molecule has 1 aromatic heterocycles. The number of halogens is 2. The van der Waals surface area contributed by atoms with E-state index >= 15 is 0 Å². The highest BCUT2D eigenvalue weighted by atomic mass is 79.9. The molecule has 1 heterocycles. The molecule has 1 rings (SSSR count). The molecule has 1 N–H and O–H groups in total. The monoisotopic (exact) mass is 275 g/mol. The molecule has 0 radical (unpaired) electrons. The van der Waals surface area contributed by atoms with Gasteiger partial charge in [0.05, 0.1) is 0 Å². The van der Waals surface area contributed by atoms with Crippen LogP contribution in [0.5, 0.6) is 0 Å². The predicted octanol–water partition coefficient (Wildman–Crippen LogP) is 2.35. The summed E-state index contributed by atoms with van der Waals surface area (Å²) in [6.07, 6.45) is 1.58. The standard InChI is InChI=1S/C10H15BrFN3/c1-7(6-15(2)3)14-10-9(12)4-8(11)5-13-10/h4-5,7H,6H2,1-3H3,(H,13,14). The van der Waals surface area contributed by atoms with Gasteiger partial charge in [0.25, 0.3) is 0 Å². The van der Waals surface area contributed by atoms with Crippen LogP contribution in [-0.4, -0.2) is 36.6 Å². The number of aromatic nitrogens is 1. The van der Waals surface area contributed by atoms with Crippen LogP contribution >= 0.6 is 15.9 Å². The van der Waals surface area contributed by atoms with Gasteiger partial charge in [-0.15, -0.1) is 0 Å². The normalized spacial score (nSPS) is 12.9. The quantitative estimate of drug-likeness (QED) is 0.915. The van der Waals surface area contributed by atoms with E-state index < -0.39 is 0 Å². The number of pyridine rings is 1. The van der Waals surface area contributed by atoms with Crippen molar-refractivity contribution in [3.8, 4) is 0 Å². The molecule has 0 aliphatic rings. The average molecular weight is 276 g/mol. The first-order chi connectivity index (χ1) is 6.99. The Morgan fingerprint density at radius 3 is 2.80 bits per heavy atom. The van der Waals surface area contributed by atoms with Crippen molar-refractivity contribution in [3.63, 3.8) is 0 Å². The molecule has 1 unspecified atom stereocenters. The van der Waals surface area contributed by atoms with Crippen molar-refractivity contribution in [2.24, 2.45) is 0 Å². The first-order valence-corrected chi connectivity index (χ1v) is 5.50. The minimum absolute atomic E-state index is 0.156. The van der Waals surface area contributed by atoms with E-state index in [4.69, 9.17) is 0 Å². The second kappa shape index (κ2) is 5.42. The summed E-state index contributed by atoms with van der Waals surface area (Å²) < 4.78 is 14.0. The van der Waals surface area contributed by atoms with Crippen molar-refractivity contribution in [3.05, 3.63) is 22.6 Å². The zero-order valence-corrected chi connectivity index (χ0v) is 10.7. The lowest BCUT2D eigenvalue weighted by Crippen LogP contribution is -2.30. The molecule has 0 spiro atoms. The van der Waals surface area contributed by atoms with Gasteiger partial charge in [-0.25, -0.2) is 9.37 Å². The maximum Gasteiger partial charge on any atom is 0.166 e. The summed E-state index contributed by atoms with van der Waals surface area (Å²) in [5.74, 6) is -0.0393. The zero-order valence-electron chi connectivity index (χ0n) is 9.09. The zero-order chi connectivity index (χ0) is 11.4. The fourth-order valence-electron chi connectivity index (χ4n) is 1.35. The first-order valence-electron chi connectivity index (χ1n) is 4.71. The first kappa shape index (κ1) is 12.4. The van der Waals surface area contributed by atoms with E-state index in [2.05, 4.69) is 26.2 Å². The van der Waals surface area contributed by atoms with Gasteiger partial charge in [-0.2, -0.15) is 0 Å². The van der Waals surface area contributed by atoms with Crippen molar-refractivity contribution >= 4 is 21.7 Å². The Bertz CT molecular complexity index is 330. The number of anilines is 1. The maximum absolute atomic E-state index is 13.4. The Hall–Kier alpha value is -0.680. The number of nitrogens with zero attached hydrogens (tertiary/aromatic N) is 2. The SMILES string of the molecule is CC(CN(C)C)Nc1ncc(Br)cc1F. The molecule has 1 atom stereocenters. The van der Waals surface area contributed by atoms with Crippen LogP contribution in [0, 0.1) is 5.82 Å². The average Bonchev–Trinajstić information content (AvgIpc) is 2.08. The highest BCUT2D eigenvalue weighted by Gasteiger charge is 2.08. The molecule has 1 aromatic rings. The summed E-state index contributed by atoms with van der Waals surface area (Å²) in [6.45, 7) is 2.82. The van der Waals surface area contributed by atoms with Crippen LogP contribution in [0.15, 0.2) is 16.7 Å². The van der Waals surface area contributed by atoms with Gasteiger partial charge in [-0.05, 0) is 43.0 Å². The Morgan fingerprint density at radius 2 is 2.27 bits per heavy atom. The van der Waals surface area contributed by atoms with Crippen LogP contribution in [0.25, 0.3) is 0 Å². The van der Waals surface area contributed by atoms with E-state index in [1.54, 1.807) is 6.20 Å². The van der Waals surface area contributed by atoms with E-state index in [0.29, 0.717) is 10.3 Å². The summed E-state index contributed by atoms with van der Waals surface area (Å²) in [5, 5.41) is 3.02. The van der Waals surface area contributed by atoms with Crippen LogP contribution < -0.4 is 5.32 Å². The second-order valence-corrected chi connectivity index (χ2v) is 4.71. The lowest BCUT2D eigenvalue weighted by atomic mass is 10.3. The third-order valence-corrected chi connectivity index (χ3v) is 2.26. The Balaban J connectivity index is 2.64. The molecule has 0 bridgehead atoms. The minimum Gasteiger partial charge on any atom is -0.364 e. The molecule has 84 valence electrons. The molecule has 0 aliphatic carbocycles. The molecule has 3 nitrogen and oxygen atoms in total. The summed E-state index contributed by atoms with van der Waals surface area (Å²) >= 11 is 3.16. The highest BCUT2D eigenvalue weighted by Crippen LogP contribution is 2.16. The fraction of sp³-hybridized carbons (Fsp3) is 0.500. The Kier molecular flexibility index (Phi) is 4.47. The van der Waals surface area contributed by atoms with E-state index in [1.165, 1.54) is 6.07 Å². The van der Waals surface area contributed by atoms with E-state index in [-0.39, 0.29) is 11.9 Å². The van der Waals surface area contributed by atoms with Gasteiger partial charge in [0.15, 0.2) is 11.6 Å². The van der Waals surface area contributed by atoms with Crippen molar-refractivity contribution < 1.29 is 4.39 Å². The topological polar surface area (TPSA) is 28.2 Å². The smallest absolute Gasteiger partial charge is 0.166 e. The van der Waals surface area contributed by atoms with Crippen molar-refractivity contribution in [2.45, 2.75) is 13.0 Å². The predicted molar refractivity (Wildman–Crippen MR) is 63.5 cm³/mol. The largest absolute Gasteiger partial charge is 0.364 e. The maximum atomic E-state index is 13.4. The lowest BCUT2D eigenvalue weighted by Gasteiger charge is -2.18. The van der Waals surface area contributed by atoms with Gasteiger partial charge in [0.2, 0.25) is 0 Å². The van der Waals surface area contributed by atoms with Crippen LogP contribution in [-0.2, 0) is 0 Å². The molecule has 0 fully saturated rings. The molecule has 15 heavy (non-hydrogen) atoms. The van der Waals surface area contributed by atoms with Gasteiger partial charge in [-0.1, -0.05) is 0 Å². The number of hydrogen-bond donors (Lipinski definition) is 1. The molecule has 0 amide bonds. The van der Waals surface area contributed by atoms with E-state index in [1.807, 2.05) is 25.9 Å². The van der Waals surface area contributed by atoms with Gasteiger partial charge < -0.3 is 10.2 Å². The van der Waals surface area contributed by atoms with Crippen LogP contribution in [0.3, 0.4) is 0 Å². The van der Waals surface area contributed by atoms with E-state index in [9.17, 15) is 4.39 Å². The third-order valence-electron chi connectivity index (χ3n) is 1.83. The van der Waals surface area contributed by atoms with Gasteiger partial charge in [0.1, 0.15) is 0 Å². The van der Waals surface area contributed by atoms with Gasteiger partial charge >= 0.3 is 0 Å². The minimum atomic E-state index is -0.338. The fourth-order valence-corrected chi connectivity index (χ4v) is 1.65. The highest BCUT2D eigenvalue weighted by molar-refractivity contribution is 9.10. The summed E-state index contributed by atoms with van der Waals surface area (Å²) in [6, 6.07) is 1.56. The molecule has 0 saturated heterocycles. The van der Waals surface area contributed by atoms with Crippen molar-refractivity contribution in [2.75, 3.05) is 26.0 Å². The van der Waals surface area contributed by atoms with Gasteiger partial charge in [0, 0.05) is 23.3 Å². The summed E-state index contributed by atoms with van der Waals surface area (Å²) in [5.41, 5.74) is 0. The van der Waals surface area contributed by atoms with Crippen molar-refractivity contribution in [1.29, 1.82) is 0 Å². The Labute approximate surface area is 97.8 Å². The van der Waals surface area contributed by atoms with Crippen LogP contribution in [0.2, 0.25) is 0 Å². The second-order valence-electron chi connectivity index (χ2n) is 3.79. The summed E-state index contributed by atoms with van der Waals surface area (Å²) in [4.78, 5) is 6.01. The molecule has 0 aromatic carbocycles. The van der Waals surface area contributed by atoms with Crippen LogP contribution in [0.1, 0.15) is 6.92 Å². The summed E-state index contributed by atoms with van der Waals surface area (Å²) in [7, 11) is 3.95. The molecule has 5 heteroatoms. The van der Waals surface area contributed by atoms with E-state index in [0.717, 1.165) is 6.54 Å². The molecule has 0 aliphatic heterocycles.